The molecule has 0 N–H and O–H groups in total. The maximum Gasteiger partial charge on any atom is 0.192 e. The van der Waals surface area contributed by atoms with Crippen molar-refractivity contribution in [3.63, 3.8) is 0 Å². The molecule has 0 atom stereocenters. The standard InChI is InChI=1S/C23H24N4OS/c1-23(2,3)19-8-6-17(7-9-19)16-29-22-26-25-21(18-10-12-24-13-11-18)27(22)15-20-5-4-14-28-20/h4-14H,15-16H2,1-3H3. The molecular formula is C23H24N4OS. The number of thioether (sulfide) groups is 1. The number of pyridine rings is 1. The topological polar surface area (TPSA) is 56.7 Å². The Balaban J connectivity index is 1.57. The lowest BCUT2D eigenvalue weighted by Gasteiger charge is -2.19. The molecule has 0 aliphatic heterocycles. The average Bonchev–Trinajstić information content (AvgIpc) is 3.37. The minimum Gasteiger partial charge on any atom is -0.467 e. The minimum atomic E-state index is 0.161. The van der Waals surface area contributed by atoms with Gasteiger partial charge in [-0.2, -0.15) is 0 Å². The number of rotatable bonds is 6. The first-order chi connectivity index (χ1) is 14.0. The van der Waals surface area contributed by atoms with Crippen LogP contribution in [0.25, 0.3) is 11.4 Å². The van der Waals surface area contributed by atoms with Crippen molar-refractivity contribution in [2.24, 2.45) is 0 Å². The highest BCUT2D eigenvalue weighted by atomic mass is 32.2. The summed E-state index contributed by atoms with van der Waals surface area (Å²) in [7, 11) is 0. The Hall–Kier alpha value is -2.86. The van der Waals surface area contributed by atoms with Crippen molar-refractivity contribution in [2.75, 3.05) is 0 Å². The van der Waals surface area contributed by atoms with Crippen LogP contribution in [-0.2, 0) is 17.7 Å². The highest BCUT2D eigenvalue weighted by molar-refractivity contribution is 7.98. The molecule has 0 saturated heterocycles. The minimum absolute atomic E-state index is 0.161. The lowest BCUT2D eigenvalue weighted by molar-refractivity contribution is 0.485. The van der Waals surface area contributed by atoms with Gasteiger partial charge in [0, 0.05) is 23.7 Å². The van der Waals surface area contributed by atoms with Crippen molar-refractivity contribution in [3.05, 3.63) is 84.1 Å². The Kier molecular flexibility index (Phi) is 5.53. The Morgan fingerprint density at radius 3 is 2.38 bits per heavy atom. The van der Waals surface area contributed by atoms with Crippen LogP contribution < -0.4 is 0 Å². The molecule has 4 aromatic rings. The molecule has 3 aromatic heterocycles. The van der Waals surface area contributed by atoms with E-state index < -0.39 is 0 Å². The monoisotopic (exact) mass is 404 g/mol. The molecule has 0 bridgehead atoms. The quantitative estimate of drug-likeness (QED) is 0.393. The molecule has 0 fully saturated rings. The summed E-state index contributed by atoms with van der Waals surface area (Å²) in [6.07, 6.45) is 5.23. The molecule has 0 amide bonds. The smallest absolute Gasteiger partial charge is 0.192 e. The van der Waals surface area contributed by atoms with Crippen molar-refractivity contribution in [3.8, 4) is 11.4 Å². The van der Waals surface area contributed by atoms with Crippen LogP contribution in [0.5, 0.6) is 0 Å². The maximum atomic E-state index is 5.56. The highest BCUT2D eigenvalue weighted by Gasteiger charge is 2.17. The van der Waals surface area contributed by atoms with Crippen molar-refractivity contribution in [1.82, 2.24) is 19.7 Å². The van der Waals surface area contributed by atoms with Crippen LogP contribution >= 0.6 is 11.8 Å². The molecule has 0 spiro atoms. The predicted molar refractivity (Wildman–Crippen MR) is 116 cm³/mol. The number of nitrogens with zero attached hydrogens (tertiary/aromatic N) is 4. The molecule has 0 radical (unpaired) electrons. The number of furan rings is 1. The first-order valence-electron chi connectivity index (χ1n) is 9.59. The average molecular weight is 405 g/mol. The van der Waals surface area contributed by atoms with Crippen molar-refractivity contribution >= 4 is 11.8 Å². The van der Waals surface area contributed by atoms with E-state index in [4.69, 9.17) is 4.42 Å². The molecule has 5 nitrogen and oxygen atoms in total. The van der Waals surface area contributed by atoms with Crippen molar-refractivity contribution < 1.29 is 4.42 Å². The summed E-state index contributed by atoms with van der Waals surface area (Å²) >= 11 is 1.68. The second-order valence-corrected chi connectivity index (χ2v) is 8.89. The van der Waals surface area contributed by atoms with Crippen LogP contribution in [0.15, 0.2) is 76.8 Å². The van der Waals surface area contributed by atoms with Gasteiger partial charge >= 0.3 is 0 Å². The van der Waals surface area contributed by atoms with E-state index in [0.717, 1.165) is 28.1 Å². The summed E-state index contributed by atoms with van der Waals surface area (Å²) in [6.45, 7) is 7.28. The molecule has 1 aromatic carbocycles. The molecule has 0 unspecified atom stereocenters. The molecule has 0 saturated carbocycles. The van der Waals surface area contributed by atoms with Crippen molar-refractivity contribution in [2.45, 2.75) is 43.6 Å². The second kappa shape index (κ2) is 8.25. The van der Waals surface area contributed by atoms with Crippen LogP contribution in [0.3, 0.4) is 0 Å². The third-order valence-corrected chi connectivity index (χ3v) is 5.78. The summed E-state index contributed by atoms with van der Waals surface area (Å²) in [5.41, 5.74) is 3.75. The van der Waals surface area contributed by atoms with Crippen LogP contribution in [0.1, 0.15) is 37.7 Å². The van der Waals surface area contributed by atoms with Gasteiger partial charge in [-0.15, -0.1) is 10.2 Å². The highest BCUT2D eigenvalue weighted by Crippen LogP contribution is 2.28. The van der Waals surface area contributed by atoms with E-state index in [1.165, 1.54) is 11.1 Å². The van der Waals surface area contributed by atoms with Gasteiger partial charge in [0.05, 0.1) is 12.8 Å². The van der Waals surface area contributed by atoms with Crippen molar-refractivity contribution in [1.29, 1.82) is 0 Å². The number of aromatic nitrogens is 4. The molecule has 3 heterocycles. The number of hydrogen-bond acceptors (Lipinski definition) is 5. The summed E-state index contributed by atoms with van der Waals surface area (Å²) in [6, 6.07) is 16.6. The SMILES string of the molecule is CC(C)(C)c1ccc(CSc2nnc(-c3ccncc3)n2Cc2ccco2)cc1. The van der Waals surface area contributed by atoms with E-state index in [1.54, 1.807) is 30.4 Å². The van der Waals surface area contributed by atoms with Crippen LogP contribution in [0.2, 0.25) is 0 Å². The zero-order valence-corrected chi connectivity index (χ0v) is 17.7. The molecule has 29 heavy (non-hydrogen) atoms. The van der Waals surface area contributed by atoms with Gasteiger partial charge in [0.15, 0.2) is 11.0 Å². The van der Waals surface area contributed by atoms with Gasteiger partial charge in [0.1, 0.15) is 5.76 Å². The molecule has 148 valence electrons. The van der Waals surface area contributed by atoms with Crippen LogP contribution in [0.4, 0.5) is 0 Å². The molecule has 0 aliphatic carbocycles. The lowest BCUT2D eigenvalue weighted by Crippen LogP contribution is -2.10. The Morgan fingerprint density at radius 2 is 1.72 bits per heavy atom. The van der Waals surface area contributed by atoms with E-state index in [9.17, 15) is 0 Å². The van der Waals surface area contributed by atoms with E-state index in [1.807, 2.05) is 24.3 Å². The molecule has 6 heteroatoms. The first kappa shape index (κ1) is 19.5. The maximum absolute atomic E-state index is 5.56. The summed E-state index contributed by atoms with van der Waals surface area (Å²) in [4.78, 5) is 4.10. The van der Waals surface area contributed by atoms with Crippen LogP contribution in [-0.4, -0.2) is 19.7 Å². The summed E-state index contributed by atoms with van der Waals surface area (Å²) in [5.74, 6) is 2.52. The second-order valence-electron chi connectivity index (χ2n) is 7.94. The Bertz CT molecular complexity index is 1050. The predicted octanol–water partition coefficient (Wildman–Crippen LogP) is 5.57. The van der Waals surface area contributed by atoms with Gasteiger partial charge in [0.2, 0.25) is 0 Å². The summed E-state index contributed by atoms with van der Waals surface area (Å²) < 4.78 is 7.66. The van der Waals surface area contributed by atoms with Gasteiger partial charge in [-0.25, -0.2) is 0 Å². The Morgan fingerprint density at radius 1 is 0.966 bits per heavy atom. The molecule has 0 aliphatic rings. The normalized spacial score (nSPS) is 11.7. The third kappa shape index (κ3) is 4.59. The van der Waals surface area contributed by atoms with Gasteiger partial charge in [-0.05, 0) is 40.8 Å². The van der Waals surface area contributed by atoms with E-state index >= 15 is 0 Å². The van der Waals surface area contributed by atoms with E-state index in [0.29, 0.717) is 6.54 Å². The third-order valence-electron chi connectivity index (χ3n) is 4.74. The Labute approximate surface area is 175 Å². The zero-order chi connectivity index (χ0) is 20.3. The first-order valence-corrected chi connectivity index (χ1v) is 10.6. The summed E-state index contributed by atoms with van der Waals surface area (Å²) in [5, 5.41) is 9.78. The van der Waals surface area contributed by atoms with Gasteiger partial charge in [-0.1, -0.05) is 56.8 Å². The fourth-order valence-electron chi connectivity index (χ4n) is 3.06. The zero-order valence-electron chi connectivity index (χ0n) is 16.9. The number of benzene rings is 1. The van der Waals surface area contributed by atoms with Crippen LogP contribution in [0, 0.1) is 0 Å². The fourth-order valence-corrected chi connectivity index (χ4v) is 3.95. The largest absolute Gasteiger partial charge is 0.467 e. The van der Waals surface area contributed by atoms with Gasteiger partial charge in [-0.3, -0.25) is 9.55 Å². The van der Waals surface area contributed by atoms with E-state index in [-0.39, 0.29) is 5.41 Å². The number of hydrogen-bond donors (Lipinski definition) is 0. The van der Waals surface area contributed by atoms with Gasteiger partial charge < -0.3 is 4.42 Å². The van der Waals surface area contributed by atoms with Gasteiger partial charge in [0.25, 0.3) is 0 Å². The molecule has 4 rings (SSSR count). The lowest BCUT2D eigenvalue weighted by atomic mass is 9.87. The molecular weight excluding hydrogens is 380 g/mol. The fraction of sp³-hybridized carbons (Fsp3) is 0.261. The van der Waals surface area contributed by atoms with E-state index in [2.05, 4.69) is 64.8 Å².